The van der Waals surface area contributed by atoms with E-state index >= 15 is 0 Å². The molecular formula is C52H32F6N2. The van der Waals surface area contributed by atoms with E-state index in [0.717, 1.165) is 63.1 Å². The molecule has 1 aromatic heterocycles. The second kappa shape index (κ2) is 14.2. The van der Waals surface area contributed by atoms with Crippen molar-refractivity contribution in [2.45, 2.75) is 12.4 Å². The van der Waals surface area contributed by atoms with Crippen molar-refractivity contribution in [2.24, 2.45) is 0 Å². The normalized spacial score (nSPS) is 12.2. The van der Waals surface area contributed by atoms with Gasteiger partial charge < -0.3 is 9.47 Å². The molecule has 0 aliphatic heterocycles. The molecule has 8 heteroatoms. The maximum atomic E-state index is 14.4. The van der Waals surface area contributed by atoms with Crippen molar-refractivity contribution in [1.29, 1.82) is 0 Å². The zero-order valence-corrected chi connectivity index (χ0v) is 31.6. The van der Waals surface area contributed by atoms with Crippen molar-refractivity contribution >= 4 is 60.4 Å². The van der Waals surface area contributed by atoms with E-state index in [4.69, 9.17) is 0 Å². The molecule has 2 nitrogen and oxygen atoms in total. The number of benzene rings is 9. The first-order valence-corrected chi connectivity index (χ1v) is 19.3. The zero-order chi connectivity index (χ0) is 41.2. The van der Waals surface area contributed by atoms with Crippen molar-refractivity contribution in [3.05, 3.63) is 205 Å². The molecule has 292 valence electrons. The van der Waals surface area contributed by atoms with Crippen LogP contribution in [0.15, 0.2) is 194 Å². The summed E-state index contributed by atoms with van der Waals surface area (Å²) in [7, 11) is 0. The summed E-state index contributed by atoms with van der Waals surface area (Å²) in [6.07, 6.45) is -9.21. The predicted octanol–water partition coefficient (Wildman–Crippen LogP) is 15.9. The molecule has 10 rings (SSSR count). The van der Waals surface area contributed by atoms with Crippen LogP contribution in [-0.2, 0) is 12.4 Å². The Labute approximate surface area is 340 Å². The maximum absolute atomic E-state index is 14.4. The first-order chi connectivity index (χ1) is 29.1. The fourth-order valence-electron chi connectivity index (χ4n) is 8.67. The maximum Gasteiger partial charge on any atom is 0.416 e. The van der Waals surface area contributed by atoms with E-state index in [2.05, 4.69) is 33.7 Å². The molecule has 0 aliphatic rings. The lowest BCUT2D eigenvalue weighted by Crippen LogP contribution is -2.11. The first-order valence-electron chi connectivity index (χ1n) is 19.3. The van der Waals surface area contributed by atoms with Crippen LogP contribution in [0.4, 0.5) is 43.4 Å². The lowest BCUT2D eigenvalue weighted by Gasteiger charge is -2.29. The van der Waals surface area contributed by atoms with Gasteiger partial charge in [0, 0.05) is 33.2 Å². The molecule has 0 fully saturated rings. The van der Waals surface area contributed by atoms with Crippen molar-refractivity contribution in [3.63, 3.8) is 0 Å². The highest BCUT2D eigenvalue weighted by atomic mass is 19.4. The lowest BCUT2D eigenvalue weighted by atomic mass is 9.84. The number of aromatic nitrogens is 1. The van der Waals surface area contributed by atoms with Crippen molar-refractivity contribution < 1.29 is 26.3 Å². The van der Waals surface area contributed by atoms with Gasteiger partial charge in [0.05, 0.1) is 27.8 Å². The van der Waals surface area contributed by atoms with E-state index in [9.17, 15) is 26.3 Å². The van der Waals surface area contributed by atoms with Crippen LogP contribution < -0.4 is 4.90 Å². The number of rotatable bonds is 6. The van der Waals surface area contributed by atoms with E-state index in [0.29, 0.717) is 49.5 Å². The Kier molecular flexibility index (Phi) is 8.75. The van der Waals surface area contributed by atoms with Crippen LogP contribution in [0.5, 0.6) is 0 Å². The van der Waals surface area contributed by atoms with Gasteiger partial charge in [-0.25, -0.2) is 0 Å². The summed E-state index contributed by atoms with van der Waals surface area (Å²) >= 11 is 0. The molecule has 0 spiro atoms. The Bertz CT molecular complexity index is 3180. The quantitative estimate of drug-likeness (QED) is 0.120. The predicted molar refractivity (Wildman–Crippen MR) is 231 cm³/mol. The van der Waals surface area contributed by atoms with Gasteiger partial charge in [0.2, 0.25) is 0 Å². The molecule has 0 N–H and O–H groups in total. The third kappa shape index (κ3) is 6.23. The smallest absolute Gasteiger partial charge is 0.310 e. The zero-order valence-electron chi connectivity index (χ0n) is 31.6. The third-order valence-corrected chi connectivity index (χ3v) is 11.2. The van der Waals surface area contributed by atoms with Crippen LogP contribution in [0.25, 0.3) is 71.3 Å². The number of hydrogen-bond acceptors (Lipinski definition) is 1. The monoisotopic (exact) mass is 798 g/mol. The number of fused-ring (bicyclic) bond motifs is 5. The molecule has 0 atom stereocenters. The van der Waals surface area contributed by atoms with Crippen LogP contribution in [0.1, 0.15) is 11.1 Å². The largest absolute Gasteiger partial charge is 0.416 e. The molecule has 0 aliphatic carbocycles. The van der Waals surface area contributed by atoms with E-state index in [-0.39, 0.29) is 0 Å². The van der Waals surface area contributed by atoms with Gasteiger partial charge in [-0.1, -0.05) is 115 Å². The number of alkyl halides is 6. The molecular weight excluding hydrogens is 767 g/mol. The first kappa shape index (κ1) is 37.0. The number of hydrogen-bond donors (Lipinski definition) is 0. The summed E-state index contributed by atoms with van der Waals surface area (Å²) in [6, 6.07) is 57.6. The Morgan fingerprint density at radius 1 is 0.367 bits per heavy atom. The molecule has 60 heavy (non-hydrogen) atoms. The molecule has 0 radical (unpaired) electrons. The van der Waals surface area contributed by atoms with Gasteiger partial charge >= 0.3 is 12.4 Å². The van der Waals surface area contributed by atoms with Crippen molar-refractivity contribution in [3.8, 4) is 27.9 Å². The summed E-state index contributed by atoms with van der Waals surface area (Å²) in [4.78, 5) is 2.06. The summed E-state index contributed by atoms with van der Waals surface area (Å²) in [5, 5.41) is 4.63. The lowest BCUT2D eigenvalue weighted by molar-refractivity contribution is -0.138. The van der Waals surface area contributed by atoms with Crippen molar-refractivity contribution in [1.82, 2.24) is 4.57 Å². The van der Waals surface area contributed by atoms with Crippen LogP contribution >= 0.6 is 0 Å². The highest BCUT2D eigenvalue weighted by Crippen LogP contribution is 2.50. The van der Waals surface area contributed by atoms with Gasteiger partial charge in [0.15, 0.2) is 0 Å². The van der Waals surface area contributed by atoms with Crippen LogP contribution in [0.2, 0.25) is 0 Å². The summed E-state index contributed by atoms with van der Waals surface area (Å²) in [6.45, 7) is 0. The van der Waals surface area contributed by atoms with E-state index in [1.54, 1.807) is 24.3 Å². The highest BCUT2D eigenvalue weighted by molar-refractivity contribution is 6.25. The Hall–Kier alpha value is -7.32. The highest BCUT2D eigenvalue weighted by Gasteiger charge is 2.33. The Morgan fingerprint density at radius 2 is 0.817 bits per heavy atom. The average Bonchev–Trinajstić information content (AvgIpc) is 3.60. The SMILES string of the molecule is FC(F)(F)c1cccc(-c2c3ccccc3c(-c3cccc(C(F)(F)F)c3)c3c(N(c4ccccc4)c4ccc(-n5c6ccccc6c6ccccc65)cc4)cccc23)c1. The topological polar surface area (TPSA) is 8.17 Å². The Morgan fingerprint density at radius 3 is 1.38 bits per heavy atom. The van der Waals surface area contributed by atoms with Gasteiger partial charge in [0.25, 0.3) is 0 Å². The minimum Gasteiger partial charge on any atom is -0.310 e. The molecule has 0 amide bonds. The number of anilines is 3. The van der Waals surface area contributed by atoms with Crippen LogP contribution in [0.3, 0.4) is 0 Å². The fraction of sp³-hybridized carbons (Fsp3) is 0.0385. The van der Waals surface area contributed by atoms with Gasteiger partial charge in [-0.15, -0.1) is 0 Å². The molecule has 1 heterocycles. The number of halogens is 6. The molecule has 9 aromatic carbocycles. The second-order valence-corrected chi connectivity index (χ2v) is 14.7. The van der Waals surface area contributed by atoms with Gasteiger partial charge in [-0.3, -0.25) is 0 Å². The summed E-state index contributed by atoms with van der Waals surface area (Å²) in [5.41, 5.74) is 5.34. The molecule has 0 saturated carbocycles. The minimum absolute atomic E-state index is 0.323. The van der Waals surface area contributed by atoms with Crippen LogP contribution in [-0.4, -0.2) is 4.57 Å². The van der Waals surface area contributed by atoms with Crippen molar-refractivity contribution in [2.75, 3.05) is 4.90 Å². The van der Waals surface area contributed by atoms with Gasteiger partial charge in [-0.05, 0) is 117 Å². The van der Waals surface area contributed by atoms with E-state index < -0.39 is 23.5 Å². The third-order valence-electron chi connectivity index (χ3n) is 11.2. The summed E-state index contributed by atoms with van der Waals surface area (Å²) in [5.74, 6) is 0. The number of para-hydroxylation sites is 3. The molecule has 10 aromatic rings. The van der Waals surface area contributed by atoms with E-state index in [1.807, 2.05) is 109 Å². The Balaban J connectivity index is 1.28. The molecule has 0 unspecified atom stereocenters. The van der Waals surface area contributed by atoms with Gasteiger partial charge in [0.1, 0.15) is 0 Å². The van der Waals surface area contributed by atoms with E-state index in [1.165, 1.54) is 12.1 Å². The average molecular weight is 799 g/mol. The standard InChI is InChI=1S/C52H32F6N2/c53-51(54,55)35-15-10-13-33(31-35)48-42-21-4-5-22-43(42)49(34-14-11-16-36(32-34)52(56,57)58)50-44(48)23-12-26-47(50)59(37-17-2-1-3-18-37)38-27-29-39(30-28-38)60-45-24-8-6-19-40(45)41-20-7-9-25-46(41)60/h1-32H. The summed E-state index contributed by atoms with van der Waals surface area (Å²) < 4.78 is 88.1. The minimum atomic E-state index is -4.61. The number of nitrogens with zero attached hydrogens (tertiary/aromatic N) is 2. The van der Waals surface area contributed by atoms with Crippen LogP contribution in [0, 0.1) is 0 Å². The molecule has 0 saturated heterocycles. The van der Waals surface area contributed by atoms with Gasteiger partial charge in [-0.2, -0.15) is 26.3 Å². The second-order valence-electron chi connectivity index (χ2n) is 14.7. The fourth-order valence-corrected chi connectivity index (χ4v) is 8.67. The molecule has 0 bridgehead atoms.